The number of halogens is 2. The van der Waals surface area contributed by atoms with E-state index >= 15 is 4.39 Å². The maximum absolute atomic E-state index is 15.0. The molecule has 1 N–H and O–H groups in total. The van der Waals surface area contributed by atoms with E-state index in [1.807, 2.05) is 0 Å². The summed E-state index contributed by atoms with van der Waals surface area (Å²) in [5.74, 6) is -1.81. The van der Waals surface area contributed by atoms with Crippen LogP contribution in [0.4, 0.5) is 8.78 Å². The lowest BCUT2D eigenvalue weighted by molar-refractivity contribution is 0.0731. The summed E-state index contributed by atoms with van der Waals surface area (Å²) in [6.07, 6.45) is 1.05. The van der Waals surface area contributed by atoms with Crippen molar-refractivity contribution in [1.29, 1.82) is 0 Å². The van der Waals surface area contributed by atoms with Gasteiger partial charge in [-0.25, -0.2) is 17.2 Å². The van der Waals surface area contributed by atoms with E-state index in [1.54, 1.807) is 25.1 Å². The maximum atomic E-state index is 15.0. The number of carbonyl (C=O) groups is 2. The highest BCUT2D eigenvalue weighted by Gasteiger charge is 2.27. The molecule has 0 saturated carbocycles. The van der Waals surface area contributed by atoms with E-state index in [2.05, 4.69) is 5.32 Å². The predicted molar refractivity (Wildman–Crippen MR) is 134 cm³/mol. The van der Waals surface area contributed by atoms with Crippen molar-refractivity contribution < 1.29 is 31.5 Å². The Morgan fingerprint density at radius 1 is 1.08 bits per heavy atom. The minimum Gasteiger partial charge on any atom is -0.491 e. The Kier molecular flexibility index (Phi) is 7.31. The molecule has 0 aliphatic carbocycles. The van der Waals surface area contributed by atoms with Gasteiger partial charge in [0.15, 0.2) is 9.84 Å². The summed E-state index contributed by atoms with van der Waals surface area (Å²) in [7, 11) is -2.33. The molecule has 0 saturated heterocycles. The minimum atomic E-state index is -3.80. The number of nitrogens with zero attached hydrogens (tertiary/aromatic N) is 1. The van der Waals surface area contributed by atoms with Gasteiger partial charge in [0, 0.05) is 47.7 Å². The largest absolute Gasteiger partial charge is 0.491 e. The van der Waals surface area contributed by atoms with Gasteiger partial charge in [-0.15, -0.1) is 0 Å². The van der Waals surface area contributed by atoms with Gasteiger partial charge in [0.2, 0.25) is 0 Å². The van der Waals surface area contributed by atoms with Crippen LogP contribution in [0.5, 0.6) is 5.75 Å². The lowest BCUT2D eigenvalue weighted by atomic mass is 9.99. The second-order valence-electron chi connectivity index (χ2n) is 8.70. The smallest absolute Gasteiger partial charge is 0.254 e. The molecule has 0 radical (unpaired) electrons. The number of ether oxygens (including phenoxy) is 1. The van der Waals surface area contributed by atoms with Crippen LogP contribution in [-0.4, -0.2) is 51.6 Å². The normalized spacial score (nSPS) is 13.4. The standard InChI is InChI=1S/C27H26F2N2O5S/c1-4-19-21(8-10-24(25(19)29)37(3,34)35)27(33)31-11-12-36-23-9-6-16(13-18(23)15-31)20-7-5-17(14-22(20)28)26(32)30-2/h5-10,13-14H,4,11-12,15H2,1-3H3,(H,30,32). The van der Waals surface area contributed by atoms with Crippen molar-refractivity contribution in [3.63, 3.8) is 0 Å². The lowest BCUT2D eigenvalue weighted by Crippen LogP contribution is -2.33. The van der Waals surface area contributed by atoms with Gasteiger partial charge < -0.3 is 15.0 Å². The van der Waals surface area contributed by atoms with E-state index in [4.69, 9.17) is 4.74 Å². The zero-order valence-corrected chi connectivity index (χ0v) is 21.4. The van der Waals surface area contributed by atoms with Gasteiger partial charge in [-0.05, 0) is 48.4 Å². The van der Waals surface area contributed by atoms with E-state index in [1.165, 1.54) is 30.1 Å². The van der Waals surface area contributed by atoms with Crippen molar-refractivity contribution in [1.82, 2.24) is 10.2 Å². The molecule has 2 amide bonds. The van der Waals surface area contributed by atoms with E-state index in [-0.39, 0.29) is 48.4 Å². The Hall–Kier alpha value is -3.79. The summed E-state index contributed by atoms with van der Waals surface area (Å²) >= 11 is 0. The van der Waals surface area contributed by atoms with Gasteiger partial charge in [-0.3, -0.25) is 9.59 Å². The first-order valence-corrected chi connectivity index (χ1v) is 13.5. The molecule has 0 spiro atoms. The van der Waals surface area contributed by atoms with Gasteiger partial charge in [0.05, 0.1) is 6.54 Å². The Morgan fingerprint density at radius 2 is 1.84 bits per heavy atom. The first kappa shape index (κ1) is 26.3. The fourth-order valence-corrected chi connectivity index (χ4v) is 5.14. The highest BCUT2D eigenvalue weighted by Crippen LogP contribution is 2.32. The zero-order valence-electron chi connectivity index (χ0n) is 20.6. The Bertz CT molecular complexity index is 1500. The molecule has 1 aliphatic rings. The number of fused-ring (bicyclic) bond motifs is 1. The first-order chi connectivity index (χ1) is 17.5. The molecule has 7 nitrogen and oxygen atoms in total. The monoisotopic (exact) mass is 528 g/mol. The van der Waals surface area contributed by atoms with Crippen LogP contribution in [0.15, 0.2) is 53.4 Å². The van der Waals surface area contributed by atoms with Crippen LogP contribution in [0.3, 0.4) is 0 Å². The number of nitrogens with one attached hydrogen (secondary N) is 1. The first-order valence-electron chi connectivity index (χ1n) is 11.6. The number of carbonyl (C=O) groups excluding carboxylic acids is 2. The summed E-state index contributed by atoms with van der Waals surface area (Å²) < 4.78 is 59.5. The molecule has 0 unspecified atom stereocenters. The second kappa shape index (κ2) is 10.3. The van der Waals surface area contributed by atoms with Crippen LogP contribution >= 0.6 is 0 Å². The lowest BCUT2D eigenvalue weighted by Gasteiger charge is -2.22. The molecule has 1 aliphatic heterocycles. The molecular formula is C27H26F2N2O5S. The Balaban J connectivity index is 1.67. The van der Waals surface area contributed by atoms with Crippen LogP contribution in [0, 0.1) is 11.6 Å². The average molecular weight is 529 g/mol. The maximum Gasteiger partial charge on any atom is 0.254 e. The Labute approximate surface area is 214 Å². The number of hydrogen-bond acceptors (Lipinski definition) is 5. The van der Waals surface area contributed by atoms with Crippen molar-refractivity contribution in [3.05, 3.63) is 82.4 Å². The third kappa shape index (κ3) is 5.20. The number of rotatable bonds is 5. The quantitative estimate of drug-likeness (QED) is 0.541. The summed E-state index contributed by atoms with van der Waals surface area (Å²) in [4.78, 5) is 26.3. The second-order valence-corrected chi connectivity index (χ2v) is 10.7. The van der Waals surface area contributed by atoms with Crippen LogP contribution in [0.2, 0.25) is 0 Å². The Morgan fingerprint density at radius 3 is 2.49 bits per heavy atom. The molecular weight excluding hydrogens is 502 g/mol. The van der Waals surface area contributed by atoms with Crippen LogP contribution in [0.25, 0.3) is 11.1 Å². The van der Waals surface area contributed by atoms with Crippen molar-refractivity contribution in [3.8, 4) is 16.9 Å². The van der Waals surface area contributed by atoms with Crippen molar-refractivity contribution in [2.75, 3.05) is 26.5 Å². The minimum absolute atomic E-state index is 0.0327. The molecule has 4 rings (SSSR count). The number of amides is 2. The van der Waals surface area contributed by atoms with Crippen LogP contribution in [-0.2, 0) is 22.8 Å². The zero-order chi connectivity index (χ0) is 26.9. The molecule has 0 atom stereocenters. The van der Waals surface area contributed by atoms with Crippen molar-refractivity contribution in [2.45, 2.75) is 24.8 Å². The SMILES string of the molecule is CCc1c(C(=O)N2CCOc3ccc(-c4ccc(C(=O)NC)cc4F)cc3C2)ccc(S(C)(=O)=O)c1F. The van der Waals surface area contributed by atoms with Crippen LogP contribution in [0.1, 0.15) is 38.8 Å². The fourth-order valence-electron chi connectivity index (χ4n) is 4.37. The van der Waals surface area contributed by atoms with Gasteiger partial charge in [-0.1, -0.05) is 19.1 Å². The molecule has 0 fully saturated rings. The van der Waals surface area contributed by atoms with E-state index in [0.717, 1.165) is 18.4 Å². The van der Waals surface area contributed by atoms with Crippen LogP contribution < -0.4 is 10.1 Å². The molecule has 0 aromatic heterocycles. The van der Waals surface area contributed by atoms with Gasteiger partial charge in [0.25, 0.3) is 11.8 Å². The molecule has 3 aromatic rings. The van der Waals surface area contributed by atoms with Gasteiger partial charge in [-0.2, -0.15) is 0 Å². The summed E-state index contributed by atoms with van der Waals surface area (Å²) in [5, 5.41) is 2.45. The highest BCUT2D eigenvalue weighted by atomic mass is 32.2. The van der Waals surface area contributed by atoms with Crippen molar-refractivity contribution >= 4 is 21.7 Å². The van der Waals surface area contributed by atoms with E-state index in [9.17, 15) is 22.4 Å². The summed E-state index contributed by atoms with van der Waals surface area (Å²) in [6.45, 7) is 2.19. The number of benzene rings is 3. The number of hydrogen-bond donors (Lipinski definition) is 1. The van der Waals surface area contributed by atoms with E-state index < -0.39 is 38.2 Å². The third-order valence-corrected chi connectivity index (χ3v) is 7.40. The molecule has 0 bridgehead atoms. The molecule has 10 heteroatoms. The predicted octanol–water partition coefficient (Wildman–Crippen LogP) is 3.99. The molecule has 1 heterocycles. The molecule has 3 aromatic carbocycles. The average Bonchev–Trinajstić information content (AvgIpc) is 3.08. The molecule has 194 valence electrons. The van der Waals surface area contributed by atoms with Gasteiger partial charge >= 0.3 is 0 Å². The van der Waals surface area contributed by atoms with Crippen molar-refractivity contribution in [2.24, 2.45) is 0 Å². The number of sulfone groups is 1. The summed E-state index contributed by atoms with van der Waals surface area (Å²) in [6, 6.07) is 11.8. The topological polar surface area (TPSA) is 92.8 Å². The summed E-state index contributed by atoms with van der Waals surface area (Å²) in [5.41, 5.74) is 1.76. The highest BCUT2D eigenvalue weighted by molar-refractivity contribution is 7.90. The third-order valence-electron chi connectivity index (χ3n) is 6.29. The van der Waals surface area contributed by atoms with Gasteiger partial charge in [0.1, 0.15) is 28.9 Å². The molecule has 37 heavy (non-hydrogen) atoms. The van der Waals surface area contributed by atoms with E-state index in [0.29, 0.717) is 16.9 Å². The fraction of sp³-hybridized carbons (Fsp3) is 0.259.